The van der Waals surface area contributed by atoms with Gasteiger partial charge in [0.15, 0.2) is 0 Å². The molecule has 0 aliphatic carbocycles. The lowest BCUT2D eigenvalue weighted by molar-refractivity contribution is 0.203. The zero-order valence-corrected chi connectivity index (χ0v) is 8.32. The maximum absolute atomic E-state index is 10.8. The molecule has 0 aliphatic rings. The average molecular weight is 220 g/mol. The fourth-order valence-corrected chi connectivity index (χ4v) is 0.986. The standard InChI is InChI=1S/C8H7Cl2NO2/c1-11-8(12)13-5-2-3-6(9)7(10)4-5/h2-4H,1H3,(H,11,12). The van der Waals surface area contributed by atoms with Crippen LogP contribution < -0.4 is 10.1 Å². The van der Waals surface area contributed by atoms with E-state index in [1.165, 1.54) is 13.1 Å². The number of amides is 1. The predicted octanol–water partition coefficient (Wildman–Crippen LogP) is 2.71. The molecule has 5 heteroatoms. The largest absolute Gasteiger partial charge is 0.412 e. The molecule has 0 radical (unpaired) electrons. The smallest absolute Gasteiger partial charge is 0.410 e. The highest BCUT2D eigenvalue weighted by atomic mass is 35.5. The van der Waals surface area contributed by atoms with E-state index in [4.69, 9.17) is 27.9 Å². The van der Waals surface area contributed by atoms with Crippen LogP contribution in [0.25, 0.3) is 0 Å². The van der Waals surface area contributed by atoms with Crippen molar-refractivity contribution in [2.75, 3.05) is 7.05 Å². The van der Waals surface area contributed by atoms with E-state index >= 15 is 0 Å². The third kappa shape index (κ3) is 2.79. The van der Waals surface area contributed by atoms with E-state index in [0.717, 1.165) is 0 Å². The summed E-state index contributed by atoms with van der Waals surface area (Å²) in [5.74, 6) is 0.355. The molecule has 13 heavy (non-hydrogen) atoms. The molecule has 3 nitrogen and oxygen atoms in total. The molecule has 1 amide bonds. The van der Waals surface area contributed by atoms with E-state index in [2.05, 4.69) is 5.32 Å². The second-order valence-electron chi connectivity index (χ2n) is 2.22. The second kappa shape index (κ2) is 4.35. The van der Waals surface area contributed by atoms with Gasteiger partial charge in [-0.3, -0.25) is 0 Å². The number of hydrogen-bond acceptors (Lipinski definition) is 2. The summed E-state index contributed by atoms with van der Waals surface area (Å²) in [6.07, 6.45) is -0.543. The molecular weight excluding hydrogens is 213 g/mol. The number of ether oxygens (including phenoxy) is 1. The van der Waals surface area contributed by atoms with Crippen molar-refractivity contribution in [1.29, 1.82) is 0 Å². The highest BCUT2D eigenvalue weighted by Gasteiger charge is 2.03. The first-order chi connectivity index (χ1) is 6.13. The van der Waals surface area contributed by atoms with Gasteiger partial charge in [-0.15, -0.1) is 0 Å². The van der Waals surface area contributed by atoms with Crippen LogP contribution in [0.5, 0.6) is 5.75 Å². The van der Waals surface area contributed by atoms with Crippen LogP contribution in [0.4, 0.5) is 4.79 Å². The first kappa shape index (κ1) is 10.2. The molecule has 1 aromatic rings. The van der Waals surface area contributed by atoms with Crippen molar-refractivity contribution in [2.24, 2.45) is 0 Å². The molecule has 0 unspecified atom stereocenters. The van der Waals surface area contributed by atoms with E-state index in [1.807, 2.05) is 0 Å². The van der Waals surface area contributed by atoms with Gasteiger partial charge in [0.05, 0.1) is 10.0 Å². The first-order valence-corrected chi connectivity index (χ1v) is 4.23. The van der Waals surface area contributed by atoms with E-state index in [-0.39, 0.29) is 0 Å². The molecule has 0 aliphatic heterocycles. The minimum absolute atomic E-state index is 0.350. The fourth-order valence-electron chi connectivity index (χ4n) is 0.698. The number of carbonyl (C=O) groups is 1. The van der Waals surface area contributed by atoms with Crippen LogP contribution >= 0.6 is 23.2 Å². The van der Waals surface area contributed by atoms with Crippen molar-refractivity contribution in [3.63, 3.8) is 0 Å². The zero-order valence-electron chi connectivity index (χ0n) is 6.80. The molecule has 0 bridgehead atoms. The summed E-state index contributed by atoms with van der Waals surface area (Å²) in [5.41, 5.74) is 0. The van der Waals surface area contributed by atoms with Gasteiger partial charge in [-0.25, -0.2) is 4.79 Å². The van der Waals surface area contributed by atoms with Crippen LogP contribution in [0.2, 0.25) is 10.0 Å². The second-order valence-corrected chi connectivity index (χ2v) is 3.03. The van der Waals surface area contributed by atoms with Crippen molar-refractivity contribution in [2.45, 2.75) is 0 Å². The Hall–Kier alpha value is -0.930. The van der Waals surface area contributed by atoms with Crippen LogP contribution in [-0.4, -0.2) is 13.1 Å². The van der Waals surface area contributed by atoms with E-state index in [9.17, 15) is 4.79 Å². The zero-order chi connectivity index (χ0) is 9.84. The van der Waals surface area contributed by atoms with E-state index in [0.29, 0.717) is 15.8 Å². The summed E-state index contributed by atoms with van der Waals surface area (Å²) >= 11 is 11.4. The van der Waals surface area contributed by atoms with E-state index < -0.39 is 6.09 Å². The third-order valence-corrected chi connectivity index (χ3v) is 2.04. The van der Waals surface area contributed by atoms with Gasteiger partial charge >= 0.3 is 6.09 Å². The molecule has 70 valence electrons. The molecule has 0 heterocycles. The monoisotopic (exact) mass is 219 g/mol. The molecule has 0 fully saturated rings. The average Bonchev–Trinajstić information content (AvgIpc) is 2.11. The van der Waals surface area contributed by atoms with Crippen molar-refractivity contribution in [1.82, 2.24) is 5.32 Å². The minimum Gasteiger partial charge on any atom is -0.410 e. The van der Waals surface area contributed by atoms with Crippen molar-refractivity contribution in [3.05, 3.63) is 28.2 Å². The van der Waals surface area contributed by atoms with Crippen molar-refractivity contribution in [3.8, 4) is 5.75 Å². The lowest BCUT2D eigenvalue weighted by Crippen LogP contribution is -2.21. The molecule has 0 aromatic heterocycles. The first-order valence-electron chi connectivity index (χ1n) is 3.48. The Bertz CT molecular complexity index is 328. The van der Waals surface area contributed by atoms with Crippen LogP contribution in [0.15, 0.2) is 18.2 Å². The highest BCUT2D eigenvalue weighted by Crippen LogP contribution is 2.26. The summed E-state index contributed by atoms with van der Waals surface area (Å²) in [4.78, 5) is 10.8. The summed E-state index contributed by atoms with van der Waals surface area (Å²) in [5, 5.41) is 3.08. The number of nitrogens with one attached hydrogen (secondary N) is 1. The maximum atomic E-state index is 10.8. The molecule has 0 spiro atoms. The van der Waals surface area contributed by atoms with Gasteiger partial charge in [0.1, 0.15) is 5.75 Å². The Kier molecular flexibility index (Phi) is 3.39. The molecule has 1 rings (SSSR count). The normalized spacial score (nSPS) is 9.46. The Morgan fingerprint density at radius 1 is 1.38 bits per heavy atom. The lowest BCUT2D eigenvalue weighted by atomic mass is 10.3. The van der Waals surface area contributed by atoms with Crippen molar-refractivity contribution >= 4 is 29.3 Å². The Balaban J connectivity index is 2.79. The van der Waals surface area contributed by atoms with Gasteiger partial charge < -0.3 is 10.1 Å². The summed E-state index contributed by atoms with van der Waals surface area (Å²) in [6.45, 7) is 0. The van der Waals surface area contributed by atoms with Crippen LogP contribution in [0, 0.1) is 0 Å². The number of halogens is 2. The van der Waals surface area contributed by atoms with E-state index in [1.54, 1.807) is 12.1 Å². The van der Waals surface area contributed by atoms with Gasteiger partial charge in [0.2, 0.25) is 0 Å². The topological polar surface area (TPSA) is 38.3 Å². The third-order valence-electron chi connectivity index (χ3n) is 1.31. The summed E-state index contributed by atoms with van der Waals surface area (Å²) < 4.78 is 4.81. The van der Waals surface area contributed by atoms with Gasteiger partial charge in [-0.2, -0.15) is 0 Å². The molecule has 0 atom stereocenters. The SMILES string of the molecule is CNC(=O)Oc1ccc(Cl)c(Cl)c1. The van der Waals surface area contributed by atoms with Crippen LogP contribution in [0.3, 0.4) is 0 Å². The van der Waals surface area contributed by atoms with Gasteiger partial charge in [0.25, 0.3) is 0 Å². The quantitative estimate of drug-likeness (QED) is 0.789. The molecule has 1 N–H and O–H groups in total. The number of rotatable bonds is 1. The lowest BCUT2D eigenvalue weighted by Gasteiger charge is -2.03. The molecule has 1 aromatic carbocycles. The Morgan fingerprint density at radius 2 is 2.08 bits per heavy atom. The van der Waals surface area contributed by atoms with Crippen LogP contribution in [-0.2, 0) is 0 Å². The fraction of sp³-hybridized carbons (Fsp3) is 0.125. The number of benzene rings is 1. The highest BCUT2D eigenvalue weighted by molar-refractivity contribution is 6.42. The Morgan fingerprint density at radius 3 is 2.62 bits per heavy atom. The molecule has 0 saturated heterocycles. The van der Waals surface area contributed by atoms with Gasteiger partial charge in [-0.1, -0.05) is 23.2 Å². The number of carbonyl (C=O) groups excluding carboxylic acids is 1. The van der Waals surface area contributed by atoms with Crippen molar-refractivity contribution < 1.29 is 9.53 Å². The summed E-state index contributed by atoms with van der Waals surface area (Å²) in [7, 11) is 1.47. The molecule has 0 saturated carbocycles. The van der Waals surface area contributed by atoms with Gasteiger partial charge in [0, 0.05) is 13.1 Å². The van der Waals surface area contributed by atoms with Crippen LogP contribution in [0.1, 0.15) is 0 Å². The summed E-state index contributed by atoms with van der Waals surface area (Å²) in [6, 6.07) is 4.59. The predicted molar refractivity (Wildman–Crippen MR) is 51.5 cm³/mol. The molecular formula is C8H7Cl2NO2. The maximum Gasteiger partial charge on any atom is 0.412 e. The minimum atomic E-state index is -0.543. The van der Waals surface area contributed by atoms with Gasteiger partial charge in [-0.05, 0) is 12.1 Å². The Labute approximate surface area is 85.6 Å². The number of hydrogen-bond donors (Lipinski definition) is 1.